The van der Waals surface area contributed by atoms with E-state index in [-0.39, 0.29) is 7.11 Å². The Kier molecular flexibility index (Phi) is 5.69. The second-order valence-electron chi connectivity index (χ2n) is 3.27. The van der Waals surface area contributed by atoms with Gasteiger partial charge in [-0.25, -0.2) is 4.79 Å². The number of carbonyl (C=O) groups excluding carboxylic acids is 1. The van der Waals surface area contributed by atoms with Crippen molar-refractivity contribution in [1.29, 1.82) is 0 Å². The number of ether oxygens (including phenoxy) is 2. The van der Waals surface area contributed by atoms with Crippen molar-refractivity contribution in [2.45, 2.75) is 27.5 Å². The number of rotatable bonds is 6. The van der Waals surface area contributed by atoms with Crippen LogP contribution in [0.1, 0.15) is 0 Å². The summed E-state index contributed by atoms with van der Waals surface area (Å²) in [5, 5.41) is 0. The molecule has 21 heavy (non-hydrogen) atoms. The summed E-state index contributed by atoms with van der Waals surface area (Å²) in [5.41, 5.74) is 0. The van der Waals surface area contributed by atoms with E-state index in [4.69, 9.17) is 0 Å². The smallest absolute Gasteiger partial charge is 0.429 e. The third-order valence-electron chi connectivity index (χ3n) is 1.79. The molecular formula is C7H3Br2F9O3. The van der Waals surface area contributed by atoms with E-state index >= 15 is 0 Å². The summed E-state index contributed by atoms with van der Waals surface area (Å²) in [7, 11) is 0.169. The molecule has 0 aliphatic heterocycles. The third-order valence-corrected chi connectivity index (χ3v) is 3.49. The second kappa shape index (κ2) is 5.76. The van der Waals surface area contributed by atoms with Crippen molar-refractivity contribution in [3.05, 3.63) is 0 Å². The first-order valence-electron chi connectivity index (χ1n) is 4.30. The summed E-state index contributed by atoms with van der Waals surface area (Å²) in [5.74, 6) is -16.0. The average Bonchev–Trinajstić information content (AvgIpc) is 2.24. The molecule has 0 bridgehead atoms. The molecule has 0 spiro atoms. The Labute approximate surface area is 127 Å². The van der Waals surface area contributed by atoms with Crippen LogP contribution in [0, 0.1) is 0 Å². The van der Waals surface area contributed by atoms with Gasteiger partial charge in [0.05, 0.1) is 7.11 Å². The molecule has 0 fully saturated rings. The van der Waals surface area contributed by atoms with Crippen molar-refractivity contribution in [2.24, 2.45) is 0 Å². The summed E-state index contributed by atoms with van der Waals surface area (Å²) in [6.07, 6.45) is -6.51. The van der Waals surface area contributed by atoms with Crippen LogP contribution in [0.3, 0.4) is 0 Å². The second-order valence-corrected chi connectivity index (χ2v) is 5.29. The van der Waals surface area contributed by atoms with Crippen molar-refractivity contribution in [1.82, 2.24) is 0 Å². The fourth-order valence-electron chi connectivity index (χ4n) is 0.722. The van der Waals surface area contributed by atoms with Gasteiger partial charge in [0.15, 0.2) is 0 Å². The first-order chi connectivity index (χ1) is 8.94. The molecule has 0 N–H and O–H groups in total. The number of carbonyl (C=O) groups is 1. The highest BCUT2D eigenvalue weighted by Gasteiger charge is 2.79. The van der Waals surface area contributed by atoms with Crippen LogP contribution in [0.15, 0.2) is 0 Å². The standard InChI is InChI=1S/C7H3Br2F9O3/c1-20-2(19)3(10,11)4(12,13)7(17,18)21-6(9,16)5(8,14)15/h1H3. The number of esters is 1. The fourth-order valence-corrected chi connectivity index (χ4v) is 1.01. The molecule has 126 valence electrons. The first-order valence-corrected chi connectivity index (χ1v) is 5.89. The summed E-state index contributed by atoms with van der Waals surface area (Å²) < 4.78 is 116. The van der Waals surface area contributed by atoms with Crippen LogP contribution in [0.5, 0.6) is 0 Å². The van der Waals surface area contributed by atoms with Gasteiger partial charge < -0.3 is 4.74 Å². The predicted octanol–water partition coefficient (Wildman–Crippen LogP) is 4.05. The quantitative estimate of drug-likeness (QED) is 0.337. The SMILES string of the molecule is COC(=O)C(F)(F)C(F)(F)C(F)(F)OC(F)(Br)C(F)(F)Br. The third kappa shape index (κ3) is 3.75. The van der Waals surface area contributed by atoms with Crippen LogP contribution in [-0.2, 0) is 14.3 Å². The van der Waals surface area contributed by atoms with E-state index < -0.39 is 33.5 Å². The lowest BCUT2D eigenvalue weighted by Gasteiger charge is -2.34. The molecular weight excluding hydrogens is 463 g/mol. The Morgan fingerprint density at radius 3 is 1.57 bits per heavy atom. The maximum atomic E-state index is 13.0. The lowest BCUT2D eigenvalue weighted by molar-refractivity contribution is -0.426. The molecule has 1 atom stereocenters. The van der Waals surface area contributed by atoms with Gasteiger partial charge in [-0.1, -0.05) is 0 Å². The molecule has 0 radical (unpaired) electrons. The molecule has 0 amide bonds. The van der Waals surface area contributed by atoms with Gasteiger partial charge in [0.25, 0.3) is 0 Å². The number of alkyl halides is 11. The molecule has 14 heteroatoms. The van der Waals surface area contributed by atoms with Gasteiger partial charge in [-0.2, -0.15) is 39.5 Å². The van der Waals surface area contributed by atoms with Gasteiger partial charge in [0, 0.05) is 0 Å². The molecule has 3 nitrogen and oxygen atoms in total. The van der Waals surface area contributed by atoms with Gasteiger partial charge in [0.2, 0.25) is 0 Å². The molecule has 0 rings (SSSR count). The largest absolute Gasteiger partial charge is 0.464 e. The van der Waals surface area contributed by atoms with Gasteiger partial charge in [-0.15, -0.1) is 0 Å². The number of halogens is 11. The van der Waals surface area contributed by atoms with Gasteiger partial charge >= 0.3 is 33.5 Å². The molecule has 0 aromatic rings. The molecule has 0 aromatic carbocycles. The van der Waals surface area contributed by atoms with E-state index in [1.54, 1.807) is 0 Å². The minimum atomic E-state index is -6.70. The van der Waals surface area contributed by atoms with Gasteiger partial charge in [0.1, 0.15) is 0 Å². The van der Waals surface area contributed by atoms with Crippen LogP contribution in [0.4, 0.5) is 39.5 Å². The highest BCUT2D eigenvalue weighted by Crippen LogP contribution is 2.53. The number of methoxy groups -OCH3 is 1. The van der Waals surface area contributed by atoms with Crippen LogP contribution < -0.4 is 0 Å². The summed E-state index contributed by atoms with van der Waals surface area (Å²) in [6.45, 7) is 0. The van der Waals surface area contributed by atoms with E-state index in [0.717, 1.165) is 0 Å². The lowest BCUT2D eigenvalue weighted by Crippen LogP contribution is -2.61. The van der Waals surface area contributed by atoms with Crippen molar-refractivity contribution in [3.8, 4) is 0 Å². The number of hydrogen-bond acceptors (Lipinski definition) is 3. The first kappa shape index (κ1) is 20.8. The monoisotopic (exact) mass is 464 g/mol. The molecule has 0 saturated carbocycles. The molecule has 0 heterocycles. The zero-order valence-corrected chi connectivity index (χ0v) is 12.6. The lowest BCUT2D eigenvalue weighted by atomic mass is 10.1. The summed E-state index contributed by atoms with van der Waals surface area (Å²) in [4.78, 5) is 5.39. The van der Waals surface area contributed by atoms with Crippen molar-refractivity contribution < 1.29 is 53.8 Å². The van der Waals surface area contributed by atoms with E-state index in [9.17, 15) is 44.3 Å². The minimum Gasteiger partial charge on any atom is -0.464 e. The minimum absolute atomic E-state index is 0.169. The van der Waals surface area contributed by atoms with Crippen LogP contribution >= 0.6 is 31.9 Å². The Balaban J connectivity index is 5.65. The zero-order valence-electron chi connectivity index (χ0n) is 9.38. The average molecular weight is 466 g/mol. The maximum absolute atomic E-state index is 13.0. The van der Waals surface area contributed by atoms with E-state index in [2.05, 4.69) is 9.47 Å². The predicted molar refractivity (Wildman–Crippen MR) is 54.6 cm³/mol. The Bertz CT molecular complexity index is 407. The molecule has 0 aliphatic rings. The Morgan fingerprint density at radius 1 is 0.905 bits per heavy atom. The van der Waals surface area contributed by atoms with Crippen LogP contribution in [0.25, 0.3) is 0 Å². The zero-order chi connectivity index (χ0) is 17.5. The van der Waals surface area contributed by atoms with E-state index in [1.165, 1.54) is 31.9 Å². The maximum Gasteiger partial charge on any atom is 0.429 e. The van der Waals surface area contributed by atoms with Crippen molar-refractivity contribution in [2.75, 3.05) is 7.11 Å². The van der Waals surface area contributed by atoms with E-state index in [1.807, 2.05) is 0 Å². The normalized spacial score (nSPS) is 17.3. The van der Waals surface area contributed by atoms with Crippen molar-refractivity contribution in [3.63, 3.8) is 0 Å². The Hall–Kier alpha value is -0.240. The number of hydrogen-bond donors (Lipinski definition) is 0. The molecule has 0 aliphatic carbocycles. The fraction of sp³-hybridized carbons (Fsp3) is 0.857. The van der Waals surface area contributed by atoms with E-state index in [0.29, 0.717) is 0 Å². The molecule has 0 aromatic heterocycles. The summed E-state index contributed by atoms with van der Waals surface area (Å²) in [6, 6.07) is 0. The van der Waals surface area contributed by atoms with Crippen LogP contribution in [0.2, 0.25) is 0 Å². The summed E-state index contributed by atoms with van der Waals surface area (Å²) >= 11 is 2.37. The Morgan fingerprint density at radius 2 is 1.29 bits per heavy atom. The van der Waals surface area contributed by atoms with Crippen molar-refractivity contribution >= 4 is 37.8 Å². The highest BCUT2D eigenvalue weighted by atomic mass is 79.9. The topological polar surface area (TPSA) is 35.5 Å². The highest BCUT2D eigenvalue weighted by molar-refractivity contribution is 9.12. The molecule has 1 unspecified atom stereocenters. The van der Waals surface area contributed by atoms with Gasteiger partial charge in [-0.05, 0) is 31.9 Å². The van der Waals surface area contributed by atoms with Crippen LogP contribution in [-0.4, -0.2) is 40.6 Å². The molecule has 0 saturated heterocycles. The van der Waals surface area contributed by atoms with Gasteiger partial charge in [-0.3, -0.25) is 4.74 Å².